The monoisotopic (exact) mass is 391 g/mol. The highest BCUT2D eigenvalue weighted by atomic mass is 32.2. The molecule has 6 nitrogen and oxygen atoms in total. The molecule has 0 radical (unpaired) electrons. The Kier molecular flexibility index (Phi) is 7.15. The number of thioether (sulfide) groups is 1. The van der Waals surface area contributed by atoms with Crippen LogP contribution >= 0.6 is 11.8 Å². The third kappa shape index (κ3) is 5.03. The fraction of sp³-hybridized carbons (Fsp3) is 0.600. The summed E-state index contributed by atoms with van der Waals surface area (Å²) in [7, 11) is 0. The molecule has 148 valence electrons. The van der Waals surface area contributed by atoms with E-state index in [1.165, 1.54) is 11.8 Å². The van der Waals surface area contributed by atoms with Crippen LogP contribution in [0.2, 0.25) is 0 Å². The van der Waals surface area contributed by atoms with Gasteiger partial charge >= 0.3 is 0 Å². The molecule has 0 spiro atoms. The van der Waals surface area contributed by atoms with Gasteiger partial charge in [-0.25, -0.2) is 0 Å². The Balaban J connectivity index is 1.66. The molecule has 2 heterocycles. The van der Waals surface area contributed by atoms with Crippen LogP contribution in [-0.2, 0) is 9.53 Å². The van der Waals surface area contributed by atoms with Gasteiger partial charge in [0, 0.05) is 36.1 Å². The minimum atomic E-state index is -0.0909. The zero-order valence-electron chi connectivity index (χ0n) is 16.1. The van der Waals surface area contributed by atoms with Crippen molar-refractivity contribution in [1.29, 1.82) is 0 Å². The average Bonchev–Trinajstić information content (AvgIpc) is 2.71. The zero-order chi connectivity index (χ0) is 19.2. The molecule has 27 heavy (non-hydrogen) atoms. The second-order valence-electron chi connectivity index (χ2n) is 7.05. The lowest BCUT2D eigenvalue weighted by Gasteiger charge is -2.38. The number of ether oxygens (including phenoxy) is 1. The van der Waals surface area contributed by atoms with Gasteiger partial charge in [-0.3, -0.25) is 14.5 Å². The summed E-state index contributed by atoms with van der Waals surface area (Å²) in [6.07, 6.45) is 2.19. The first-order valence-electron chi connectivity index (χ1n) is 9.79. The van der Waals surface area contributed by atoms with E-state index in [0.717, 1.165) is 49.7 Å². The van der Waals surface area contributed by atoms with Gasteiger partial charge in [-0.05, 0) is 24.1 Å². The van der Waals surface area contributed by atoms with Crippen molar-refractivity contribution >= 4 is 29.3 Å². The summed E-state index contributed by atoms with van der Waals surface area (Å²) >= 11 is 1.50. The molecule has 0 saturated carbocycles. The van der Waals surface area contributed by atoms with Gasteiger partial charge in [0.05, 0.1) is 24.7 Å². The quantitative estimate of drug-likeness (QED) is 0.748. The minimum Gasteiger partial charge on any atom is -0.379 e. The van der Waals surface area contributed by atoms with Crippen LogP contribution < -0.4 is 10.6 Å². The van der Waals surface area contributed by atoms with Crippen molar-refractivity contribution in [3.8, 4) is 0 Å². The van der Waals surface area contributed by atoms with Crippen molar-refractivity contribution in [2.24, 2.45) is 5.92 Å². The van der Waals surface area contributed by atoms with Crippen LogP contribution in [0.5, 0.6) is 0 Å². The molecule has 7 heteroatoms. The predicted molar refractivity (Wildman–Crippen MR) is 108 cm³/mol. The predicted octanol–water partition coefficient (Wildman–Crippen LogP) is 2.60. The van der Waals surface area contributed by atoms with E-state index in [-0.39, 0.29) is 11.8 Å². The van der Waals surface area contributed by atoms with Gasteiger partial charge in [0.2, 0.25) is 5.91 Å². The number of fused-ring (bicyclic) bond motifs is 1. The number of benzene rings is 1. The van der Waals surface area contributed by atoms with E-state index in [9.17, 15) is 9.59 Å². The normalized spacial score (nSPS) is 18.7. The smallest absolute Gasteiger partial charge is 0.251 e. The van der Waals surface area contributed by atoms with Gasteiger partial charge in [-0.1, -0.05) is 26.7 Å². The molecule has 1 unspecified atom stereocenters. The van der Waals surface area contributed by atoms with Gasteiger partial charge in [0.1, 0.15) is 0 Å². The summed E-state index contributed by atoms with van der Waals surface area (Å²) in [5.41, 5.74) is 1.32. The Bertz CT molecular complexity index is 672. The van der Waals surface area contributed by atoms with Gasteiger partial charge in [-0.2, -0.15) is 0 Å². The lowest BCUT2D eigenvalue weighted by atomic mass is 9.92. The fourth-order valence-electron chi connectivity index (χ4n) is 3.86. The van der Waals surface area contributed by atoms with Crippen LogP contribution in [0.1, 0.15) is 37.0 Å². The van der Waals surface area contributed by atoms with Crippen LogP contribution in [0.25, 0.3) is 0 Å². The van der Waals surface area contributed by atoms with E-state index in [1.54, 1.807) is 6.07 Å². The summed E-state index contributed by atoms with van der Waals surface area (Å²) in [5, 5.41) is 5.97. The topological polar surface area (TPSA) is 70.7 Å². The van der Waals surface area contributed by atoms with Gasteiger partial charge < -0.3 is 15.4 Å². The molecule has 2 amide bonds. The average molecular weight is 392 g/mol. The summed E-state index contributed by atoms with van der Waals surface area (Å²) in [6, 6.07) is 5.84. The largest absolute Gasteiger partial charge is 0.379 e. The number of morpholine rings is 1. The Hall–Kier alpha value is -1.57. The van der Waals surface area contributed by atoms with E-state index < -0.39 is 0 Å². The summed E-state index contributed by atoms with van der Waals surface area (Å²) in [4.78, 5) is 27.8. The third-order valence-electron chi connectivity index (χ3n) is 5.45. The molecular weight excluding hydrogens is 362 g/mol. The molecule has 0 aliphatic carbocycles. The molecule has 1 aromatic rings. The molecule has 0 bridgehead atoms. The van der Waals surface area contributed by atoms with Crippen molar-refractivity contribution in [1.82, 2.24) is 10.2 Å². The summed E-state index contributed by atoms with van der Waals surface area (Å²) in [5.74, 6) is 0.857. The Morgan fingerprint density at radius 3 is 2.74 bits per heavy atom. The Morgan fingerprint density at radius 2 is 2.04 bits per heavy atom. The van der Waals surface area contributed by atoms with Crippen LogP contribution in [0.3, 0.4) is 0 Å². The molecule has 1 fully saturated rings. The first kappa shape index (κ1) is 20.2. The highest BCUT2D eigenvalue weighted by Crippen LogP contribution is 2.32. The molecule has 2 N–H and O–H groups in total. The van der Waals surface area contributed by atoms with Crippen LogP contribution in [0.4, 0.5) is 5.69 Å². The lowest BCUT2D eigenvalue weighted by Crippen LogP contribution is -2.52. The fourth-order valence-corrected chi connectivity index (χ4v) is 4.65. The van der Waals surface area contributed by atoms with E-state index in [4.69, 9.17) is 4.74 Å². The summed E-state index contributed by atoms with van der Waals surface area (Å²) in [6.45, 7) is 8.40. The van der Waals surface area contributed by atoms with Crippen molar-refractivity contribution in [2.45, 2.75) is 37.6 Å². The van der Waals surface area contributed by atoms with Crippen LogP contribution in [-0.4, -0.2) is 61.4 Å². The van der Waals surface area contributed by atoms with Crippen molar-refractivity contribution in [2.75, 3.05) is 43.9 Å². The van der Waals surface area contributed by atoms with E-state index in [1.807, 2.05) is 12.1 Å². The molecule has 0 aromatic heterocycles. The standard InChI is InChI=1S/C20H29N3O3S/c1-3-14(4-2)17(23-7-9-26-10-8-23)12-21-20(25)15-5-6-18-16(11-15)22-19(24)13-27-18/h5-6,11,14,17H,3-4,7-10,12-13H2,1-2H3,(H,21,25)(H,22,24). The lowest BCUT2D eigenvalue weighted by molar-refractivity contribution is -0.113. The maximum atomic E-state index is 12.7. The number of nitrogens with one attached hydrogen (secondary N) is 2. The van der Waals surface area contributed by atoms with Crippen molar-refractivity contribution in [3.05, 3.63) is 23.8 Å². The van der Waals surface area contributed by atoms with Gasteiger partial charge in [0.25, 0.3) is 5.91 Å². The van der Waals surface area contributed by atoms with Crippen LogP contribution in [0.15, 0.2) is 23.1 Å². The molecule has 2 aliphatic rings. The number of carbonyl (C=O) groups excluding carboxylic acids is 2. The second kappa shape index (κ2) is 9.57. The molecule has 3 rings (SSSR count). The number of anilines is 1. The first-order valence-corrected chi connectivity index (χ1v) is 10.8. The van der Waals surface area contributed by atoms with E-state index in [0.29, 0.717) is 29.8 Å². The molecule has 2 aliphatic heterocycles. The zero-order valence-corrected chi connectivity index (χ0v) is 16.9. The maximum absolute atomic E-state index is 12.7. The highest BCUT2D eigenvalue weighted by molar-refractivity contribution is 8.00. The second-order valence-corrected chi connectivity index (χ2v) is 8.07. The number of hydrogen-bond donors (Lipinski definition) is 2. The summed E-state index contributed by atoms with van der Waals surface area (Å²) < 4.78 is 5.49. The number of hydrogen-bond acceptors (Lipinski definition) is 5. The van der Waals surface area contributed by atoms with Gasteiger partial charge in [0.15, 0.2) is 0 Å². The number of nitrogens with zero attached hydrogens (tertiary/aromatic N) is 1. The number of amides is 2. The van der Waals surface area contributed by atoms with Crippen molar-refractivity contribution in [3.63, 3.8) is 0 Å². The number of rotatable bonds is 7. The molecule has 1 atom stereocenters. The highest BCUT2D eigenvalue weighted by Gasteiger charge is 2.27. The van der Waals surface area contributed by atoms with Gasteiger partial charge in [-0.15, -0.1) is 11.8 Å². The van der Waals surface area contributed by atoms with Crippen molar-refractivity contribution < 1.29 is 14.3 Å². The minimum absolute atomic E-state index is 0.0221. The number of carbonyl (C=O) groups is 2. The first-order chi connectivity index (χ1) is 13.1. The Morgan fingerprint density at radius 1 is 1.30 bits per heavy atom. The molecule has 1 aromatic carbocycles. The molecular formula is C20H29N3O3S. The molecule has 1 saturated heterocycles. The van der Waals surface area contributed by atoms with Crippen LogP contribution in [0, 0.1) is 5.92 Å². The van der Waals surface area contributed by atoms with E-state index in [2.05, 4.69) is 29.4 Å². The van der Waals surface area contributed by atoms with E-state index >= 15 is 0 Å². The SMILES string of the molecule is CCC(CC)C(CNC(=O)c1ccc2c(c1)NC(=O)CS2)N1CCOCC1. The third-order valence-corrected chi connectivity index (χ3v) is 6.53. The Labute approximate surface area is 165 Å². The maximum Gasteiger partial charge on any atom is 0.251 e.